The molecule has 0 atom stereocenters. The Hall–Kier alpha value is -0.430. The Bertz CT molecular complexity index is 501. The molecule has 0 spiro atoms. The van der Waals surface area contributed by atoms with Crippen molar-refractivity contribution in [2.24, 2.45) is 5.41 Å². The van der Waals surface area contributed by atoms with Gasteiger partial charge in [-0.3, -0.25) is 0 Å². The van der Waals surface area contributed by atoms with Crippen LogP contribution in [0.25, 0.3) is 0 Å². The van der Waals surface area contributed by atoms with Crippen LogP contribution in [0.5, 0.6) is 0 Å². The van der Waals surface area contributed by atoms with Crippen molar-refractivity contribution in [2.75, 3.05) is 13.1 Å². The quantitative estimate of drug-likeness (QED) is 0.725. The maximum Gasteiger partial charge on any atom is 0.241 e. The Labute approximate surface area is 127 Å². The maximum absolute atomic E-state index is 12.1. The number of thiophene rings is 1. The largest absolute Gasteiger partial charge is 0.312 e. The summed E-state index contributed by atoms with van der Waals surface area (Å²) in [5, 5.41) is 4.99. The summed E-state index contributed by atoms with van der Waals surface area (Å²) < 4.78 is 26.9. The molecule has 1 aromatic rings. The lowest BCUT2D eigenvalue weighted by Crippen LogP contribution is -2.27. The number of rotatable bonds is 8. The zero-order valence-corrected chi connectivity index (χ0v) is 14.5. The fraction of sp³-hybridized carbons (Fsp3) is 0.714. The van der Waals surface area contributed by atoms with Crippen LogP contribution in [0.4, 0.5) is 0 Å². The highest BCUT2D eigenvalue weighted by Crippen LogP contribution is 2.20. The van der Waals surface area contributed by atoms with E-state index in [1.54, 1.807) is 11.4 Å². The van der Waals surface area contributed by atoms with Crippen LogP contribution in [-0.4, -0.2) is 21.5 Å². The fourth-order valence-corrected chi connectivity index (χ4v) is 3.90. The van der Waals surface area contributed by atoms with Crippen molar-refractivity contribution in [3.63, 3.8) is 0 Å². The lowest BCUT2D eigenvalue weighted by molar-refractivity contribution is 0.378. The van der Waals surface area contributed by atoms with E-state index in [4.69, 9.17) is 0 Å². The topological polar surface area (TPSA) is 58.2 Å². The van der Waals surface area contributed by atoms with Gasteiger partial charge in [0.25, 0.3) is 0 Å². The molecule has 0 fully saturated rings. The van der Waals surface area contributed by atoms with Crippen LogP contribution < -0.4 is 10.0 Å². The van der Waals surface area contributed by atoms with Gasteiger partial charge in [0, 0.05) is 23.3 Å². The van der Waals surface area contributed by atoms with E-state index >= 15 is 0 Å². The van der Waals surface area contributed by atoms with Crippen LogP contribution in [0.3, 0.4) is 0 Å². The van der Waals surface area contributed by atoms with Crippen LogP contribution in [0.1, 0.15) is 45.4 Å². The third-order valence-electron chi connectivity index (χ3n) is 2.83. The number of sulfonamides is 1. The highest BCUT2D eigenvalue weighted by molar-refractivity contribution is 7.89. The molecule has 0 aliphatic carbocycles. The molecule has 0 amide bonds. The Balaban J connectivity index is 2.55. The number of hydrogen-bond donors (Lipinski definition) is 2. The summed E-state index contributed by atoms with van der Waals surface area (Å²) in [6.07, 6.45) is 1.90. The van der Waals surface area contributed by atoms with E-state index in [1.165, 1.54) is 11.3 Å². The molecule has 116 valence electrons. The van der Waals surface area contributed by atoms with Crippen LogP contribution in [0, 0.1) is 5.41 Å². The van der Waals surface area contributed by atoms with Crippen molar-refractivity contribution < 1.29 is 8.42 Å². The maximum atomic E-state index is 12.1. The molecular formula is C14H26N2O2S2. The average Bonchev–Trinajstić information content (AvgIpc) is 2.77. The minimum atomic E-state index is -3.36. The number of nitrogens with one attached hydrogen (secondary N) is 2. The molecule has 6 heteroatoms. The highest BCUT2D eigenvalue weighted by Gasteiger charge is 2.17. The van der Waals surface area contributed by atoms with Gasteiger partial charge in [0.1, 0.15) is 0 Å². The molecule has 0 aliphatic rings. The molecule has 1 heterocycles. The highest BCUT2D eigenvalue weighted by atomic mass is 32.2. The van der Waals surface area contributed by atoms with Gasteiger partial charge in [-0.05, 0) is 30.9 Å². The first-order valence-electron chi connectivity index (χ1n) is 7.02. The molecule has 0 radical (unpaired) electrons. The standard InChI is InChI=1S/C14H26N2O2S2/c1-5-7-15-10-12-9-13(11-19-12)20(17,18)16-8-6-14(2,3)4/h9,11,15-16H,5-8,10H2,1-4H3. The van der Waals surface area contributed by atoms with Crippen LogP contribution in [0.15, 0.2) is 16.3 Å². The minimum absolute atomic E-state index is 0.131. The van der Waals surface area contributed by atoms with Gasteiger partial charge < -0.3 is 5.32 Å². The Kier molecular flexibility index (Phi) is 6.64. The second-order valence-corrected chi connectivity index (χ2v) is 8.90. The van der Waals surface area contributed by atoms with Gasteiger partial charge in [-0.25, -0.2) is 13.1 Å². The second-order valence-electron chi connectivity index (χ2n) is 6.13. The zero-order chi connectivity index (χ0) is 15.2. The van der Waals surface area contributed by atoms with Gasteiger partial charge in [-0.1, -0.05) is 27.7 Å². The van der Waals surface area contributed by atoms with Crippen molar-refractivity contribution in [1.29, 1.82) is 0 Å². The second kappa shape index (κ2) is 7.54. The molecule has 2 N–H and O–H groups in total. The van der Waals surface area contributed by atoms with E-state index in [1.807, 2.05) is 0 Å². The lowest BCUT2D eigenvalue weighted by Gasteiger charge is -2.17. The summed E-state index contributed by atoms with van der Waals surface area (Å²) in [5.41, 5.74) is 0.131. The Morgan fingerprint density at radius 2 is 1.95 bits per heavy atom. The van der Waals surface area contributed by atoms with Crippen LogP contribution >= 0.6 is 11.3 Å². The predicted octanol–water partition coefficient (Wildman–Crippen LogP) is 2.96. The van der Waals surface area contributed by atoms with Gasteiger partial charge in [0.2, 0.25) is 10.0 Å². The molecular weight excluding hydrogens is 292 g/mol. The molecule has 0 saturated heterocycles. The van der Waals surface area contributed by atoms with Gasteiger partial charge >= 0.3 is 0 Å². The smallest absolute Gasteiger partial charge is 0.241 e. The first-order chi connectivity index (χ1) is 9.24. The monoisotopic (exact) mass is 318 g/mol. The molecule has 0 saturated carbocycles. The fourth-order valence-electron chi connectivity index (χ4n) is 1.63. The summed E-state index contributed by atoms with van der Waals surface area (Å²) in [4.78, 5) is 1.43. The first-order valence-corrected chi connectivity index (χ1v) is 9.39. The van der Waals surface area contributed by atoms with Gasteiger partial charge in [-0.15, -0.1) is 11.3 Å². The van der Waals surface area contributed by atoms with E-state index in [0.717, 1.165) is 30.8 Å². The summed E-state index contributed by atoms with van der Waals surface area (Å²) >= 11 is 1.48. The molecule has 1 aromatic heterocycles. The predicted molar refractivity (Wildman–Crippen MR) is 85.6 cm³/mol. The van der Waals surface area contributed by atoms with Crippen molar-refractivity contribution in [1.82, 2.24) is 10.0 Å². The molecule has 0 unspecified atom stereocenters. The molecule has 20 heavy (non-hydrogen) atoms. The molecule has 0 aromatic carbocycles. The van der Waals surface area contributed by atoms with Crippen molar-refractivity contribution in [3.05, 3.63) is 16.3 Å². The van der Waals surface area contributed by atoms with Crippen molar-refractivity contribution >= 4 is 21.4 Å². The summed E-state index contributed by atoms with van der Waals surface area (Å²) in [5.74, 6) is 0. The van der Waals surface area contributed by atoms with E-state index in [2.05, 4.69) is 37.7 Å². The first kappa shape index (κ1) is 17.6. The lowest BCUT2D eigenvalue weighted by atomic mass is 9.93. The zero-order valence-electron chi connectivity index (χ0n) is 12.8. The average molecular weight is 319 g/mol. The van der Waals surface area contributed by atoms with Crippen LogP contribution in [-0.2, 0) is 16.6 Å². The Morgan fingerprint density at radius 1 is 1.25 bits per heavy atom. The third-order valence-corrected chi connectivity index (χ3v) is 5.36. The van der Waals surface area contributed by atoms with E-state index in [9.17, 15) is 8.42 Å². The molecule has 0 bridgehead atoms. The third kappa shape index (κ3) is 6.35. The minimum Gasteiger partial charge on any atom is -0.312 e. The van der Waals surface area contributed by atoms with Gasteiger partial charge in [-0.2, -0.15) is 0 Å². The van der Waals surface area contributed by atoms with Crippen molar-refractivity contribution in [3.8, 4) is 0 Å². The summed E-state index contributed by atoms with van der Waals surface area (Å²) in [6, 6.07) is 1.76. The molecule has 4 nitrogen and oxygen atoms in total. The normalized spacial score (nSPS) is 12.8. The molecule has 1 rings (SSSR count). The summed E-state index contributed by atoms with van der Waals surface area (Å²) in [6.45, 7) is 10.6. The SMILES string of the molecule is CCCNCc1cc(S(=O)(=O)NCCC(C)(C)C)cs1. The number of hydrogen-bond acceptors (Lipinski definition) is 4. The van der Waals surface area contributed by atoms with E-state index in [0.29, 0.717) is 11.4 Å². The van der Waals surface area contributed by atoms with Gasteiger partial charge in [0.05, 0.1) is 4.90 Å². The van der Waals surface area contributed by atoms with Crippen LogP contribution in [0.2, 0.25) is 0 Å². The molecule has 0 aliphatic heterocycles. The van der Waals surface area contributed by atoms with Gasteiger partial charge in [0.15, 0.2) is 0 Å². The van der Waals surface area contributed by atoms with Crippen molar-refractivity contribution in [2.45, 2.75) is 52.0 Å². The van der Waals surface area contributed by atoms with E-state index < -0.39 is 10.0 Å². The van der Waals surface area contributed by atoms with E-state index in [-0.39, 0.29) is 5.41 Å². The summed E-state index contributed by atoms with van der Waals surface area (Å²) in [7, 11) is -3.36. The Morgan fingerprint density at radius 3 is 2.55 bits per heavy atom.